The number of nitrogens with one attached hydrogen (secondary N) is 1. The van der Waals surface area contributed by atoms with Crippen LogP contribution in [0.3, 0.4) is 0 Å². The minimum Gasteiger partial charge on any atom is -0.497 e. The maximum atomic E-state index is 13.2. The number of aromatic nitrogens is 1. The molecule has 8 heteroatoms. The van der Waals surface area contributed by atoms with Crippen molar-refractivity contribution >= 4 is 23.2 Å². The van der Waals surface area contributed by atoms with Crippen molar-refractivity contribution in [3.8, 4) is 11.5 Å². The third kappa shape index (κ3) is 4.31. The molecule has 3 aromatic rings. The Morgan fingerprint density at radius 3 is 2.78 bits per heavy atom. The van der Waals surface area contributed by atoms with Crippen molar-refractivity contribution in [2.75, 3.05) is 20.8 Å². The molecule has 2 aromatic heterocycles. The molecule has 0 aliphatic carbocycles. The van der Waals surface area contributed by atoms with Gasteiger partial charge in [0.25, 0.3) is 11.8 Å². The normalized spacial score (nSPS) is 12.8. The standard InChI is InChI=1S/C24H25N3O4S/c1-15-21(12-26-23(28)16-7-9-32-14-16)19-6-8-27(13-17(19)11-25-15)24(29)20-5-4-18(30-2)10-22(20)31-3/h4-5,7,9-11,14H,6,8,12-13H2,1-3H3,(H,26,28). The molecule has 0 saturated carbocycles. The van der Waals surface area contributed by atoms with Gasteiger partial charge in [-0.15, -0.1) is 0 Å². The summed E-state index contributed by atoms with van der Waals surface area (Å²) in [6.45, 7) is 3.40. The van der Waals surface area contributed by atoms with E-state index in [1.807, 2.05) is 29.9 Å². The second-order valence-corrected chi connectivity index (χ2v) is 8.34. The fraction of sp³-hybridized carbons (Fsp3) is 0.292. The lowest BCUT2D eigenvalue weighted by molar-refractivity contribution is 0.0730. The Morgan fingerprint density at radius 2 is 2.06 bits per heavy atom. The van der Waals surface area contributed by atoms with Crippen LogP contribution in [-0.2, 0) is 19.5 Å². The van der Waals surface area contributed by atoms with Gasteiger partial charge < -0.3 is 19.7 Å². The highest BCUT2D eigenvalue weighted by atomic mass is 32.1. The molecule has 0 radical (unpaired) electrons. The van der Waals surface area contributed by atoms with Crippen LogP contribution in [0.5, 0.6) is 11.5 Å². The molecule has 1 aromatic carbocycles. The van der Waals surface area contributed by atoms with Crippen molar-refractivity contribution in [1.29, 1.82) is 0 Å². The highest BCUT2D eigenvalue weighted by Crippen LogP contribution is 2.29. The molecule has 1 aliphatic rings. The zero-order valence-corrected chi connectivity index (χ0v) is 19.1. The summed E-state index contributed by atoms with van der Waals surface area (Å²) in [6, 6.07) is 7.01. The van der Waals surface area contributed by atoms with Crippen molar-refractivity contribution in [3.05, 3.63) is 74.7 Å². The lowest BCUT2D eigenvalue weighted by Gasteiger charge is -2.31. The number of methoxy groups -OCH3 is 2. The van der Waals surface area contributed by atoms with E-state index in [2.05, 4.69) is 10.3 Å². The molecule has 3 heterocycles. The van der Waals surface area contributed by atoms with E-state index >= 15 is 0 Å². The minimum atomic E-state index is -0.0949. The van der Waals surface area contributed by atoms with E-state index in [4.69, 9.17) is 9.47 Å². The Kier molecular flexibility index (Phi) is 6.41. The summed E-state index contributed by atoms with van der Waals surface area (Å²) >= 11 is 1.49. The van der Waals surface area contributed by atoms with Crippen molar-refractivity contribution in [1.82, 2.24) is 15.2 Å². The van der Waals surface area contributed by atoms with Crippen LogP contribution in [-0.4, -0.2) is 42.5 Å². The SMILES string of the molecule is COc1ccc(C(=O)N2CCc3c(cnc(C)c3CNC(=O)c3ccsc3)C2)c(OC)c1. The first-order chi connectivity index (χ1) is 15.5. The number of carbonyl (C=O) groups is 2. The predicted octanol–water partition coefficient (Wildman–Crippen LogP) is 3.60. The van der Waals surface area contributed by atoms with Gasteiger partial charge in [-0.05, 0) is 53.6 Å². The number of thiophene rings is 1. The monoisotopic (exact) mass is 451 g/mol. The van der Waals surface area contributed by atoms with Gasteiger partial charge >= 0.3 is 0 Å². The van der Waals surface area contributed by atoms with E-state index in [-0.39, 0.29) is 11.8 Å². The van der Waals surface area contributed by atoms with Crippen LogP contribution in [0.15, 0.2) is 41.2 Å². The molecule has 0 bridgehead atoms. The van der Waals surface area contributed by atoms with Crippen molar-refractivity contribution < 1.29 is 19.1 Å². The Hall–Kier alpha value is -3.39. The first kappa shape index (κ1) is 21.8. The van der Waals surface area contributed by atoms with Crippen LogP contribution in [0, 0.1) is 6.92 Å². The van der Waals surface area contributed by atoms with Gasteiger partial charge in [0.1, 0.15) is 11.5 Å². The zero-order chi connectivity index (χ0) is 22.7. The molecule has 0 fully saturated rings. The maximum absolute atomic E-state index is 13.2. The van der Waals surface area contributed by atoms with Gasteiger partial charge in [0, 0.05) is 48.5 Å². The Balaban J connectivity index is 1.52. The number of rotatable bonds is 6. The average molecular weight is 452 g/mol. The Bertz CT molecular complexity index is 1140. The summed E-state index contributed by atoms with van der Waals surface area (Å²) < 4.78 is 10.6. The second kappa shape index (κ2) is 9.40. The summed E-state index contributed by atoms with van der Waals surface area (Å²) in [7, 11) is 3.12. The zero-order valence-electron chi connectivity index (χ0n) is 18.3. The third-order valence-corrected chi connectivity index (χ3v) is 6.41. The average Bonchev–Trinajstić information content (AvgIpc) is 3.37. The van der Waals surface area contributed by atoms with E-state index in [0.717, 1.165) is 22.4 Å². The van der Waals surface area contributed by atoms with Crippen LogP contribution in [0.1, 0.15) is 43.1 Å². The number of aryl methyl sites for hydroxylation is 1. The molecule has 7 nitrogen and oxygen atoms in total. The van der Waals surface area contributed by atoms with Crippen molar-refractivity contribution in [2.45, 2.75) is 26.4 Å². The molecule has 1 aliphatic heterocycles. The number of hydrogen-bond donors (Lipinski definition) is 1. The van der Waals surface area contributed by atoms with Crippen LogP contribution in [0.4, 0.5) is 0 Å². The molecule has 32 heavy (non-hydrogen) atoms. The van der Waals surface area contributed by atoms with Crippen molar-refractivity contribution in [2.24, 2.45) is 0 Å². The first-order valence-corrected chi connectivity index (χ1v) is 11.2. The van der Waals surface area contributed by atoms with Crippen LogP contribution >= 0.6 is 11.3 Å². The first-order valence-electron chi connectivity index (χ1n) is 10.3. The molecule has 4 rings (SSSR count). The molecule has 0 saturated heterocycles. The summed E-state index contributed by atoms with van der Waals surface area (Å²) in [6.07, 6.45) is 2.53. The number of fused-ring (bicyclic) bond motifs is 1. The van der Waals surface area contributed by atoms with E-state index < -0.39 is 0 Å². The highest BCUT2D eigenvalue weighted by molar-refractivity contribution is 7.08. The quantitative estimate of drug-likeness (QED) is 0.619. The molecule has 166 valence electrons. The highest BCUT2D eigenvalue weighted by Gasteiger charge is 2.26. The van der Waals surface area contributed by atoms with E-state index in [0.29, 0.717) is 48.7 Å². The van der Waals surface area contributed by atoms with E-state index in [1.165, 1.54) is 11.3 Å². The largest absolute Gasteiger partial charge is 0.497 e. The molecule has 2 amide bonds. The van der Waals surface area contributed by atoms with Crippen LogP contribution in [0.2, 0.25) is 0 Å². The van der Waals surface area contributed by atoms with Gasteiger partial charge in [0.05, 0.1) is 19.8 Å². The smallest absolute Gasteiger partial charge is 0.257 e. The molecule has 0 atom stereocenters. The predicted molar refractivity (Wildman–Crippen MR) is 122 cm³/mol. The number of pyridine rings is 1. The molecular weight excluding hydrogens is 426 g/mol. The lowest BCUT2D eigenvalue weighted by Crippen LogP contribution is -2.37. The molecule has 0 unspecified atom stereocenters. The number of carbonyl (C=O) groups excluding carboxylic acids is 2. The van der Waals surface area contributed by atoms with Gasteiger partial charge in [0.15, 0.2) is 0 Å². The van der Waals surface area contributed by atoms with Crippen molar-refractivity contribution in [3.63, 3.8) is 0 Å². The summed E-state index contributed by atoms with van der Waals surface area (Å²) in [4.78, 5) is 31.9. The number of amides is 2. The van der Waals surface area contributed by atoms with Gasteiger partial charge in [0.2, 0.25) is 0 Å². The summed E-state index contributed by atoms with van der Waals surface area (Å²) in [5.74, 6) is 0.931. The van der Waals surface area contributed by atoms with Gasteiger partial charge in [-0.3, -0.25) is 14.6 Å². The summed E-state index contributed by atoms with van der Waals surface area (Å²) in [5, 5.41) is 6.71. The number of hydrogen-bond acceptors (Lipinski definition) is 6. The summed E-state index contributed by atoms with van der Waals surface area (Å²) in [5.41, 5.74) is 5.25. The third-order valence-electron chi connectivity index (χ3n) is 5.73. The van der Waals surface area contributed by atoms with Gasteiger partial charge in [-0.2, -0.15) is 11.3 Å². The van der Waals surface area contributed by atoms with Crippen LogP contribution in [0.25, 0.3) is 0 Å². The molecule has 0 spiro atoms. The number of ether oxygens (including phenoxy) is 2. The Morgan fingerprint density at radius 1 is 1.22 bits per heavy atom. The van der Waals surface area contributed by atoms with Crippen LogP contribution < -0.4 is 14.8 Å². The fourth-order valence-corrected chi connectivity index (χ4v) is 4.58. The number of benzene rings is 1. The number of nitrogens with zero attached hydrogens (tertiary/aromatic N) is 2. The Labute approximate surface area is 191 Å². The lowest BCUT2D eigenvalue weighted by atomic mass is 9.94. The minimum absolute atomic E-state index is 0.0944. The van der Waals surface area contributed by atoms with E-state index in [1.54, 1.807) is 37.3 Å². The van der Waals surface area contributed by atoms with E-state index in [9.17, 15) is 9.59 Å². The fourth-order valence-electron chi connectivity index (χ4n) is 3.94. The van der Waals surface area contributed by atoms with Gasteiger partial charge in [-0.1, -0.05) is 0 Å². The van der Waals surface area contributed by atoms with Gasteiger partial charge in [-0.25, -0.2) is 0 Å². The second-order valence-electron chi connectivity index (χ2n) is 7.56. The topological polar surface area (TPSA) is 80.8 Å². The molecule has 1 N–H and O–H groups in total. The molecular formula is C24H25N3O4S. The maximum Gasteiger partial charge on any atom is 0.257 e.